The number of rotatable bonds is 1. The fourth-order valence-corrected chi connectivity index (χ4v) is 0.0884. The van der Waals surface area contributed by atoms with E-state index in [2.05, 4.69) is 10.2 Å². The molecular weight excluding hydrogens is 125 g/mol. The van der Waals surface area contributed by atoms with Crippen molar-refractivity contribution in [2.75, 3.05) is 0 Å². The summed E-state index contributed by atoms with van der Waals surface area (Å²) in [5.41, 5.74) is 0.545. The lowest BCUT2D eigenvalue weighted by molar-refractivity contribution is 0.342. The van der Waals surface area contributed by atoms with Gasteiger partial charge in [0.2, 0.25) is 0 Å². The molecule has 0 aromatic heterocycles. The Balaban J connectivity index is 3.61. The molecule has 0 aromatic carbocycles. The molecule has 7 heteroatoms. The Morgan fingerprint density at radius 3 is 2.50 bits per heavy atom. The molecular formula is CHF3N4. The van der Waals surface area contributed by atoms with Gasteiger partial charge in [-0.2, -0.15) is 4.39 Å². The molecule has 0 aliphatic carbocycles. The highest BCUT2D eigenvalue weighted by Crippen LogP contribution is 1.82. The third-order valence-electron chi connectivity index (χ3n) is 0.255. The number of nitrogens with zero attached hydrogens (tertiary/aromatic N) is 3. The summed E-state index contributed by atoms with van der Waals surface area (Å²) in [6.45, 7) is 0. The van der Waals surface area contributed by atoms with E-state index < -0.39 is 6.09 Å². The van der Waals surface area contributed by atoms with Gasteiger partial charge >= 0.3 is 6.09 Å². The topological polar surface area (TPSA) is 49.1 Å². The Hall–Kier alpha value is -1.14. The van der Waals surface area contributed by atoms with Crippen molar-refractivity contribution in [2.45, 2.75) is 0 Å². The van der Waals surface area contributed by atoms with Gasteiger partial charge in [-0.1, -0.05) is 19.2 Å². The van der Waals surface area contributed by atoms with Crippen LogP contribution in [0.1, 0.15) is 0 Å². The largest absolute Gasteiger partial charge is 0.347 e. The molecule has 0 atom stereocenters. The van der Waals surface area contributed by atoms with E-state index in [1.54, 1.807) is 0 Å². The van der Waals surface area contributed by atoms with Crippen molar-refractivity contribution in [3.8, 4) is 0 Å². The van der Waals surface area contributed by atoms with Crippen LogP contribution in [0, 0.1) is 0 Å². The van der Waals surface area contributed by atoms with Crippen molar-refractivity contribution >= 4 is 6.09 Å². The van der Waals surface area contributed by atoms with Gasteiger partial charge in [-0.15, -0.1) is 5.65 Å². The molecule has 0 aromatic rings. The lowest BCUT2D eigenvalue weighted by atomic mass is 11.3. The van der Waals surface area contributed by atoms with E-state index in [0.29, 0.717) is 5.65 Å². The molecule has 0 aliphatic heterocycles. The summed E-state index contributed by atoms with van der Waals surface area (Å²) in [6, 6.07) is 0. The first-order valence-corrected chi connectivity index (χ1v) is 1.42. The summed E-state index contributed by atoms with van der Waals surface area (Å²) in [6.07, 6.45) is -1.62. The zero-order valence-corrected chi connectivity index (χ0v) is 3.48. The van der Waals surface area contributed by atoms with Crippen molar-refractivity contribution in [3.63, 3.8) is 0 Å². The van der Waals surface area contributed by atoms with Crippen LogP contribution in [0.25, 0.3) is 0 Å². The molecule has 0 radical (unpaired) electrons. The van der Waals surface area contributed by atoms with Crippen LogP contribution in [0.15, 0.2) is 15.6 Å². The van der Waals surface area contributed by atoms with Gasteiger partial charge in [0.05, 0.1) is 0 Å². The van der Waals surface area contributed by atoms with Crippen molar-refractivity contribution in [1.82, 2.24) is 5.65 Å². The van der Waals surface area contributed by atoms with Crippen LogP contribution in [-0.2, 0) is 0 Å². The maximum Gasteiger partial charge on any atom is 0.347 e. The van der Waals surface area contributed by atoms with Crippen LogP contribution in [0.5, 0.6) is 0 Å². The number of nitrogens with one attached hydrogen (secondary N) is 1. The van der Waals surface area contributed by atoms with Gasteiger partial charge in [0.25, 0.3) is 0 Å². The summed E-state index contributed by atoms with van der Waals surface area (Å²) in [7, 11) is 0. The summed E-state index contributed by atoms with van der Waals surface area (Å²) in [5, 5.41) is 5.67. The highest BCUT2D eigenvalue weighted by molar-refractivity contribution is 5.71. The predicted molar refractivity (Wildman–Crippen MR) is 18.8 cm³/mol. The molecule has 0 amide bonds. The standard InChI is InChI=1S/CHF3N4/c2-1(5-7-3)6-8-4/h7H. The molecule has 0 spiro atoms. The van der Waals surface area contributed by atoms with Gasteiger partial charge in [-0.05, 0) is 0 Å². The number of amidine groups is 1. The SMILES string of the molecule is FN=NC(F)=NNF. The summed E-state index contributed by atoms with van der Waals surface area (Å²) in [5.74, 6) is 0. The highest BCUT2D eigenvalue weighted by Gasteiger charge is 1.87. The normalized spacial score (nSPS) is 12.6. The van der Waals surface area contributed by atoms with Gasteiger partial charge in [0.15, 0.2) is 0 Å². The first kappa shape index (κ1) is 6.86. The van der Waals surface area contributed by atoms with E-state index in [0.717, 1.165) is 0 Å². The zero-order chi connectivity index (χ0) is 6.41. The van der Waals surface area contributed by atoms with Gasteiger partial charge in [0.1, 0.15) is 0 Å². The molecule has 8 heavy (non-hydrogen) atoms. The molecule has 0 bridgehead atoms. The van der Waals surface area contributed by atoms with Crippen LogP contribution < -0.4 is 5.65 Å². The molecule has 0 aliphatic rings. The minimum atomic E-state index is -1.62. The first-order chi connectivity index (χ1) is 3.81. The van der Waals surface area contributed by atoms with Crippen molar-refractivity contribution in [3.05, 3.63) is 0 Å². The van der Waals surface area contributed by atoms with E-state index >= 15 is 0 Å². The Kier molecular flexibility index (Phi) is 3.46. The lowest BCUT2D eigenvalue weighted by Gasteiger charge is -1.77. The van der Waals surface area contributed by atoms with Crippen molar-refractivity contribution < 1.29 is 13.4 Å². The fourth-order valence-electron chi connectivity index (χ4n) is 0.0884. The first-order valence-electron chi connectivity index (χ1n) is 1.42. The van der Waals surface area contributed by atoms with E-state index in [9.17, 15) is 13.4 Å². The number of hydrogen-bond donors (Lipinski definition) is 1. The molecule has 0 saturated carbocycles. The van der Waals surface area contributed by atoms with Crippen LogP contribution in [0.3, 0.4) is 0 Å². The Labute approximate surface area is 42.0 Å². The Morgan fingerprint density at radius 1 is 1.50 bits per heavy atom. The highest BCUT2D eigenvalue weighted by atomic mass is 19.2. The third-order valence-corrected chi connectivity index (χ3v) is 0.255. The van der Waals surface area contributed by atoms with Crippen LogP contribution in [0.2, 0.25) is 0 Å². The van der Waals surface area contributed by atoms with Gasteiger partial charge in [-0.25, -0.2) is 0 Å². The van der Waals surface area contributed by atoms with Gasteiger partial charge < -0.3 is 0 Å². The number of hydrazone groups is 1. The molecule has 4 nitrogen and oxygen atoms in total. The number of halogens is 3. The van der Waals surface area contributed by atoms with Crippen LogP contribution >= 0.6 is 0 Å². The molecule has 0 fully saturated rings. The summed E-state index contributed by atoms with van der Waals surface area (Å²) in [4.78, 5) is 0. The third kappa shape index (κ3) is 3.07. The van der Waals surface area contributed by atoms with Crippen molar-refractivity contribution in [2.24, 2.45) is 15.6 Å². The molecule has 0 heterocycles. The summed E-state index contributed by atoms with van der Waals surface area (Å²) >= 11 is 0. The molecule has 0 unspecified atom stereocenters. The van der Waals surface area contributed by atoms with Crippen molar-refractivity contribution in [1.29, 1.82) is 0 Å². The van der Waals surface area contributed by atoms with E-state index in [1.807, 2.05) is 0 Å². The van der Waals surface area contributed by atoms with E-state index in [4.69, 9.17) is 0 Å². The average Bonchev–Trinajstić information content (AvgIpc) is 1.68. The molecule has 0 saturated heterocycles. The van der Waals surface area contributed by atoms with Gasteiger partial charge in [0, 0.05) is 5.34 Å². The molecule has 1 N–H and O–H groups in total. The minimum absolute atomic E-state index is 0.545. The van der Waals surface area contributed by atoms with E-state index in [-0.39, 0.29) is 0 Å². The average molecular weight is 126 g/mol. The molecule has 0 rings (SSSR count). The second-order valence-electron chi connectivity index (χ2n) is 0.641. The number of hydrogen-bond acceptors (Lipinski definition) is 3. The quantitative estimate of drug-likeness (QED) is 0.140. The predicted octanol–water partition coefficient (Wildman–Crippen LogP) is 1.04. The smallest absolute Gasteiger partial charge is 0.158 e. The zero-order valence-electron chi connectivity index (χ0n) is 3.48. The Bertz CT molecular complexity index is 108. The van der Waals surface area contributed by atoms with Gasteiger partial charge in [-0.3, -0.25) is 0 Å². The second kappa shape index (κ2) is 4.03. The Morgan fingerprint density at radius 2 is 2.12 bits per heavy atom. The minimum Gasteiger partial charge on any atom is -0.158 e. The maximum atomic E-state index is 11.4. The van der Waals surface area contributed by atoms with E-state index in [1.165, 1.54) is 5.34 Å². The fraction of sp³-hybridized carbons (Fsp3) is 0. The van der Waals surface area contributed by atoms with Crippen LogP contribution in [0.4, 0.5) is 13.4 Å². The van der Waals surface area contributed by atoms with Crippen LogP contribution in [-0.4, -0.2) is 6.09 Å². The molecule has 46 valence electrons. The summed E-state index contributed by atoms with van der Waals surface area (Å²) < 4.78 is 32.6. The second-order valence-corrected chi connectivity index (χ2v) is 0.641. The lowest BCUT2D eigenvalue weighted by Crippen LogP contribution is -1.90. The monoisotopic (exact) mass is 126 g/mol. The maximum absolute atomic E-state index is 11.4.